The molecule has 1 fully saturated rings. The van der Waals surface area contributed by atoms with Gasteiger partial charge < -0.3 is 15.5 Å². The van der Waals surface area contributed by atoms with Crippen molar-refractivity contribution in [1.82, 2.24) is 4.90 Å². The Balaban J connectivity index is 1.67. The second kappa shape index (κ2) is 7.57. The summed E-state index contributed by atoms with van der Waals surface area (Å²) in [6.07, 6.45) is 1.43. The van der Waals surface area contributed by atoms with Crippen LogP contribution in [0.25, 0.3) is 0 Å². The monoisotopic (exact) mass is 357 g/mol. The molecule has 1 aliphatic heterocycles. The number of carbonyl (C=O) groups is 2. The van der Waals surface area contributed by atoms with Gasteiger partial charge in [-0.05, 0) is 44.0 Å². The van der Waals surface area contributed by atoms with Crippen molar-refractivity contribution < 1.29 is 9.59 Å². The average Bonchev–Trinajstić information content (AvgIpc) is 3.09. The third-order valence-corrected chi connectivity index (χ3v) is 4.58. The van der Waals surface area contributed by atoms with E-state index in [9.17, 15) is 9.59 Å². The highest BCUT2D eigenvalue weighted by molar-refractivity contribution is 6.33. The average molecular weight is 358 g/mol. The summed E-state index contributed by atoms with van der Waals surface area (Å²) in [6.45, 7) is 2.54. The Morgan fingerprint density at radius 3 is 2.52 bits per heavy atom. The number of aryl methyl sites for hydroxylation is 1. The maximum Gasteiger partial charge on any atom is 0.322 e. The van der Waals surface area contributed by atoms with Gasteiger partial charge in [-0.1, -0.05) is 41.4 Å². The molecule has 0 radical (unpaired) electrons. The smallest absolute Gasteiger partial charge is 0.322 e. The second-order valence-electron chi connectivity index (χ2n) is 6.12. The first-order valence-electron chi connectivity index (χ1n) is 8.24. The van der Waals surface area contributed by atoms with Gasteiger partial charge in [-0.2, -0.15) is 0 Å². The van der Waals surface area contributed by atoms with Crippen molar-refractivity contribution >= 4 is 34.9 Å². The molecule has 1 heterocycles. The molecule has 3 rings (SSSR count). The van der Waals surface area contributed by atoms with E-state index < -0.39 is 6.04 Å². The first-order chi connectivity index (χ1) is 12.0. The highest BCUT2D eigenvalue weighted by Gasteiger charge is 2.34. The van der Waals surface area contributed by atoms with Gasteiger partial charge in [-0.25, -0.2) is 4.79 Å². The first-order valence-corrected chi connectivity index (χ1v) is 8.62. The molecule has 25 heavy (non-hydrogen) atoms. The summed E-state index contributed by atoms with van der Waals surface area (Å²) in [4.78, 5) is 26.7. The van der Waals surface area contributed by atoms with Gasteiger partial charge >= 0.3 is 6.03 Å². The SMILES string of the molecule is Cc1ccc(NC(=O)N2CCCC2C(=O)Nc2ccccc2Cl)cc1. The van der Waals surface area contributed by atoms with Crippen LogP contribution in [0.15, 0.2) is 48.5 Å². The zero-order chi connectivity index (χ0) is 17.8. The Morgan fingerprint density at radius 2 is 1.80 bits per heavy atom. The van der Waals surface area contributed by atoms with E-state index in [1.807, 2.05) is 31.2 Å². The Morgan fingerprint density at radius 1 is 1.08 bits per heavy atom. The summed E-state index contributed by atoms with van der Waals surface area (Å²) in [5.74, 6) is -0.218. The molecular weight excluding hydrogens is 338 g/mol. The predicted molar refractivity (Wildman–Crippen MR) is 100 cm³/mol. The number of para-hydroxylation sites is 1. The van der Waals surface area contributed by atoms with Crippen LogP contribution in [0.4, 0.5) is 16.2 Å². The first kappa shape index (κ1) is 17.3. The molecule has 1 aliphatic rings. The zero-order valence-corrected chi connectivity index (χ0v) is 14.7. The number of anilines is 2. The summed E-state index contributed by atoms with van der Waals surface area (Å²) >= 11 is 6.09. The Kier molecular flexibility index (Phi) is 5.24. The fraction of sp³-hybridized carbons (Fsp3) is 0.263. The highest BCUT2D eigenvalue weighted by Crippen LogP contribution is 2.24. The fourth-order valence-corrected chi connectivity index (χ4v) is 3.08. The van der Waals surface area contributed by atoms with Crippen molar-refractivity contribution in [2.75, 3.05) is 17.2 Å². The number of likely N-dealkylation sites (tertiary alicyclic amines) is 1. The minimum atomic E-state index is -0.498. The summed E-state index contributed by atoms with van der Waals surface area (Å²) in [6, 6.07) is 13.9. The maximum atomic E-state index is 12.6. The van der Waals surface area contributed by atoms with Crippen molar-refractivity contribution in [2.45, 2.75) is 25.8 Å². The van der Waals surface area contributed by atoms with Gasteiger partial charge in [0.15, 0.2) is 0 Å². The minimum absolute atomic E-state index is 0.218. The molecule has 130 valence electrons. The van der Waals surface area contributed by atoms with Crippen LogP contribution in [0.5, 0.6) is 0 Å². The molecule has 0 saturated carbocycles. The van der Waals surface area contributed by atoms with Crippen molar-refractivity contribution in [3.63, 3.8) is 0 Å². The fourth-order valence-electron chi connectivity index (χ4n) is 2.89. The molecule has 2 N–H and O–H groups in total. The predicted octanol–water partition coefficient (Wildman–Crippen LogP) is 4.28. The summed E-state index contributed by atoms with van der Waals surface area (Å²) < 4.78 is 0. The lowest BCUT2D eigenvalue weighted by molar-refractivity contribution is -0.119. The highest BCUT2D eigenvalue weighted by atomic mass is 35.5. The normalized spacial score (nSPS) is 16.6. The molecule has 0 bridgehead atoms. The van der Waals surface area contributed by atoms with Gasteiger partial charge in [0.25, 0.3) is 0 Å². The number of urea groups is 1. The van der Waals surface area contributed by atoms with Gasteiger partial charge in [-0.15, -0.1) is 0 Å². The van der Waals surface area contributed by atoms with Gasteiger partial charge in [0, 0.05) is 12.2 Å². The Bertz CT molecular complexity index is 776. The van der Waals surface area contributed by atoms with Crippen molar-refractivity contribution in [2.24, 2.45) is 0 Å². The van der Waals surface area contributed by atoms with Gasteiger partial charge in [-0.3, -0.25) is 4.79 Å². The van der Waals surface area contributed by atoms with Crippen LogP contribution in [-0.4, -0.2) is 29.4 Å². The molecule has 1 atom stereocenters. The topological polar surface area (TPSA) is 61.4 Å². The molecule has 0 aliphatic carbocycles. The van der Waals surface area contributed by atoms with E-state index in [0.717, 1.165) is 12.0 Å². The molecule has 0 spiro atoms. The van der Waals surface area contributed by atoms with Crippen molar-refractivity contribution in [1.29, 1.82) is 0 Å². The molecule has 5 nitrogen and oxygen atoms in total. The van der Waals surface area contributed by atoms with Crippen LogP contribution in [0, 0.1) is 6.92 Å². The number of benzene rings is 2. The molecule has 2 aromatic carbocycles. The quantitative estimate of drug-likeness (QED) is 0.861. The Hall–Kier alpha value is -2.53. The van der Waals surface area contributed by atoms with E-state index in [0.29, 0.717) is 29.4 Å². The molecular formula is C19H20ClN3O2. The third kappa shape index (κ3) is 4.12. The van der Waals surface area contributed by atoms with E-state index in [1.165, 1.54) is 0 Å². The van der Waals surface area contributed by atoms with Gasteiger partial charge in [0.1, 0.15) is 6.04 Å². The van der Waals surface area contributed by atoms with Gasteiger partial charge in [0.05, 0.1) is 10.7 Å². The summed E-state index contributed by atoms with van der Waals surface area (Å²) in [5, 5.41) is 6.14. The number of hydrogen-bond acceptors (Lipinski definition) is 2. The van der Waals surface area contributed by atoms with E-state index in [-0.39, 0.29) is 11.9 Å². The number of hydrogen-bond donors (Lipinski definition) is 2. The summed E-state index contributed by atoms with van der Waals surface area (Å²) in [7, 11) is 0. The maximum absolute atomic E-state index is 12.6. The number of nitrogens with one attached hydrogen (secondary N) is 2. The molecule has 0 aromatic heterocycles. The number of carbonyl (C=O) groups excluding carboxylic acids is 2. The zero-order valence-electron chi connectivity index (χ0n) is 14.0. The number of rotatable bonds is 3. The van der Waals surface area contributed by atoms with Crippen LogP contribution >= 0.6 is 11.6 Å². The Labute approximate surface area is 152 Å². The molecule has 3 amide bonds. The molecule has 1 unspecified atom stereocenters. The molecule has 2 aromatic rings. The minimum Gasteiger partial charge on any atom is -0.323 e. The van der Waals surface area contributed by atoms with Crippen molar-refractivity contribution in [3.8, 4) is 0 Å². The number of halogens is 1. The van der Waals surface area contributed by atoms with Crippen LogP contribution < -0.4 is 10.6 Å². The lowest BCUT2D eigenvalue weighted by atomic mass is 10.2. The van der Waals surface area contributed by atoms with Crippen LogP contribution in [-0.2, 0) is 4.79 Å². The number of nitrogens with zero attached hydrogens (tertiary/aromatic N) is 1. The van der Waals surface area contributed by atoms with E-state index in [1.54, 1.807) is 29.2 Å². The van der Waals surface area contributed by atoms with E-state index >= 15 is 0 Å². The van der Waals surface area contributed by atoms with Crippen LogP contribution in [0.2, 0.25) is 5.02 Å². The third-order valence-electron chi connectivity index (χ3n) is 4.25. The van der Waals surface area contributed by atoms with Gasteiger partial charge in [0.2, 0.25) is 5.91 Å². The molecule has 1 saturated heterocycles. The van der Waals surface area contributed by atoms with Crippen LogP contribution in [0.3, 0.4) is 0 Å². The second-order valence-corrected chi connectivity index (χ2v) is 6.52. The molecule has 6 heteroatoms. The largest absolute Gasteiger partial charge is 0.323 e. The summed E-state index contributed by atoms with van der Waals surface area (Å²) in [5.41, 5.74) is 2.39. The number of amides is 3. The lowest BCUT2D eigenvalue weighted by Crippen LogP contribution is -2.45. The van der Waals surface area contributed by atoms with Crippen molar-refractivity contribution in [3.05, 3.63) is 59.1 Å². The van der Waals surface area contributed by atoms with E-state index in [2.05, 4.69) is 10.6 Å². The van der Waals surface area contributed by atoms with Crippen LogP contribution in [0.1, 0.15) is 18.4 Å². The van der Waals surface area contributed by atoms with E-state index in [4.69, 9.17) is 11.6 Å². The standard InChI is InChI=1S/C19H20ClN3O2/c1-13-8-10-14(11-9-13)21-19(25)23-12-4-7-17(23)18(24)22-16-6-3-2-5-15(16)20/h2-3,5-6,8-11,17H,4,7,12H2,1H3,(H,21,25)(H,22,24). The lowest BCUT2D eigenvalue weighted by Gasteiger charge is -2.24.